The van der Waals surface area contributed by atoms with Crippen LogP contribution < -0.4 is 25.8 Å². The summed E-state index contributed by atoms with van der Waals surface area (Å²) in [7, 11) is 3.25. The number of anilines is 4. The Bertz CT molecular complexity index is 1190. The van der Waals surface area contributed by atoms with Gasteiger partial charge in [0.25, 0.3) is 0 Å². The Morgan fingerprint density at radius 1 is 0.903 bits per heavy atom. The molecule has 2 aromatic carbocycles. The minimum atomic E-state index is 0.447. The Kier molecular flexibility index (Phi) is 5.98. The third kappa shape index (κ3) is 4.42. The largest absolute Gasteiger partial charge is 0.493 e. The quantitative estimate of drug-likeness (QED) is 0.395. The monoisotopic (exact) mass is 416 g/mol. The molecule has 0 saturated heterocycles. The van der Waals surface area contributed by atoms with E-state index in [0.717, 1.165) is 28.6 Å². The highest BCUT2D eigenvalue weighted by Gasteiger charge is 2.11. The Morgan fingerprint density at radius 3 is 2.55 bits per heavy atom. The molecule has 158 valence electrons. The number of hydrogen-bond acceptors (Lipinski definition) is 8. The molecule has 8 nitrogen and oxygen atoms in total. The van der Waals surface area contributed by atoms with E-state index < -0.39 is 0 Å². The van der Waals surface area contributed by atoms with Crippen molar-refractivity contribution in [2.24, 2.45) is 0 Å². The second-order valence-corrected chi connectivity index (χ2v) is 6.86. The summed E-state index contributed by atoms with van der Waals surface area (Å²) in [5, 5.41) is 7.60. The molecular weight excluding hydrogens is 392 g/mol. The van der Waals surface area contributed by atoms with Crippen molar-refractivity contribution in [2.45, 2.75) is 6.42 Å². The van der Waals surface area contributed by atoms with Gasteiger partial charge in [0.15, 0.2) is 23.1 Å². The summed E-state index contributed by atoms with van der Waals surface area (Å²) in [6, 6.07) is 15.7. The number of hydrogen-bond donors (Lipinski definition) is 3. The number of pyridine rings is 1. The zero-order valence-corrected chi connectivity index (χ0v) is 17.4. The molecule has 8 heteroatoms. The molecule has 4 aromatic rings. The van der Waals surface area contributed by atoms with Gasteiger partial charge in [-0.05, 0) is 36.2 Å². The molecule has 0 fully saturated rings. The fourth-order valence-corrected chi connectivity index (χ4v) is 3.33. The van der Waals surface area contributed by atoms with Crippen molar-refractivity contribution >= 4 is 33.9 Å². The minimum Gasteiger partial charge on any atom is -0.493 e. The third-order valence-corrected chi connectivity index (χ3v) is 4.92. The van der Waals surface area contributed by atoms with Gasteiger partial charge in [-0.25, -0.2) is 9.97 Å². The predicted octanol–water partition coefficient (Wildman–Crippen LogP) is 4.02. The lowest BCUT2D eigenvalue weighted by Gasteiger charge is -2.14. The van der Waals surface area contributed by atoms with Crippen molar-refractivity contribution in [2.75, 3.05) is 37.1 Å². The van der Waals surface area contributed by atoms with Crippen molar-refractivity contribution in [3.8, 4) is 11.5 Å². The number of aromatic nitrogens is 3. The molecule has 0 bridgehead atoms. The van der Waals surface area contributed by atoms with Crippen molar-refractivity contribution in [3.63, 3.8) is 0 Å². The van der Waals surface area contributed by atoms with E-state index in [2.05, 4.69) is 25.6 Å². The van der Waals surface area contributed by atoms with Crippen LogP contribution in [0.4, 0.5) is 23.0 Å². The lowest BCUT2D eigenvalue weighted by Crippen LogP contribution is -2.11. The molecule has 0 spiro atoms. The van der Waals surface area contributed by atoms with Crippen molar-refractivity contribution in [3.05, 3.63) is 66.6 Å². The number of ether oxygens (including phenoxy) is 2. The first-order valence-electron chi connectivity index (χ1n) is 9.85. The predicted molar refractivity (Wildman–Crippen MR) is 123 cm³/mol. The van der Waals surface area contributed by atoms with Gasteiger partial charge < -0.3 is 25.8 Å². The molecule has 2 aromatic heterocycles. The van der Waals surface area contributed by atoms with Crippen LogP contribution in [0.2, 0.25) is 0 Å². The molecule has 0 aliphatic heterocycles. The van der Waals surface area contributed by atoms with Crippen molar-refractivity contribution in [1.29, 1.82) is 0 Å². The lowest BCUT2D eigenvalue weighted by atomic mass is 10.1. The molecule has 31 heavy (non-hydrogen) atoms. The number of para-hydroxylation sites is 1. The first kappa shape index (κ1) is 20.2. The van der Waals surface area contributed by atoms with Crippen LogP contribution in [0.5, 0.6) is 11.5 Å². The fraction of sp³-hybridized carbons (Fsp3) is 0.174. The number of fused-ring (bicyclic) bond motifs is 1. The zero-order chi connectivity index (χ0) is 21.6. The molecule has 0 saturated carbocycles. The van der Waals surface area contributed by atoms with Crippen LogP contribution in [0.25, 0.3) is 10.9 Å². The molecule has 0 unspecified atom stereocenters. The second-order valence-electron chi connectivity index (χ2n) is 6.86. The topological polar surface area (TPSA) is 107 Å². The van der Waals surface area contributed by atoms with E-state index in [1.165, 1.54) is 6.33 Å². The zero-order valence-electron chi connectivity index (χ0n) is 17.4. The third-order valence-electron chi connectivity index (χ3n) is 4.92. The van der Waals surface area contributed by atoms with Crippen LogP contribution >= 0.6 is 0 Å². The number of nitrogens with one attached hydrogen (secondary N) is 2. The molecule has 0 aliphatic rings. The Balaban J connectivity index is 1.47. The van der Waals surface area contributed by atoms with Crippen LogP contribution in [-0.4, -0.2) is 35.7 Å². The average molecular weight is 416 g/mol. The first-order valence-corrected chi connectivity index (χ1v) is 9.85. The van der Waals surface area contributed by atoms with E-state index in [9.17, 15) is 0 Å². The SMILES string of the molecule is COc1ccc(CCNc2ncnc(Nc3cccc4cccnc34)c2N)cc1OC. The van der Waals surface area contributed by atoms with E-state index in [0.29, 0.717) is 35.4 Å². The summed E-state index contributed by atoms with van der Waals surface area (Å²) < 4.78 is 10.6. The van der Waals surface area contributed by atoms with Gasteiger partial charge in [0.2, 0.25) is 0 Å². The van der Waals surface area contributed by atoms with Gasteiger partial charge in [-0.15, -0.1) is 0 Å². The number of benzene rings is 2. The lowest BCUT2D eigenvalue weighted by molar-refractivity contribution is 0.354. The number of nitrogens with two attached hydrogens (primary N) is 1. The summed E-state index contributed by atoms with van der Waals surface area (Å²) >= 11 is 0. The molecular formula is C23H24N6O2. The Hall–Kier alpha value is -4.07. The van der Waals surface area contributed by atoms with E-state index in [4.69, 9.17) is 15.2 Å². The summed E-state index contributed by atoms with van der Waals surface area (Å²) in [6.07, 6.45) is 4.01. The van der Waals surface area contributed by atoms with Crippen LogP contribution in [0.3, 0.4) is 0 Å². The standard InChI is InChI=1S/C23H24N6O2/c1-30-18-9-8-15(13-19(18)31-2)10-12-26-22-20(24)23(28-14-27-22)29-17-7-3-5-16-6-4-11-25-21(16)17/h3-9,11,13-14H,10,12,24H2,1-2H3,(H2,26,27,28,29). The fourth-order valence-electron chi connectivity index (χ4n) is 3.33. The van der Waals surface area contributed by atoms with E-state index >= 15 is 0 Å². The molecule has 0 amide bonds. The summed E-state index contributed by atoms with van der Waals surface area (Å²) in [4.78, 5) is 13.0. The van der Waals surface area contributed by atoms with Crippen LogP contribution in [0, 0.1) is 0 Å². The highest BCUT2D eigenvalue weighted by Crippen LogP contribution is 2.30. The maximum absolute atomic E-state index is 6.33. The number of nitrogen functional groups attached to an aromatic ring is 1. The van der Waals surface area contributed by atoms with Gasteiger partial charge in [0.05, 0.1) is 25.4 Å². The van der Waals surface area contributed by atoms with Gasteiger partial charge in [-0.3, -0.25) is 4.98 Å². The highest BCUT2D eigenvalue weighted by molar-refractivity contribution is 5.93. The van der Waals surface area contributed by atoms with Crippen molar-refractivity contribution < 1.29 is 9.47 Å². The van der Waals surface area contributed by atoms with Crippen molar-refractivity contribution in [1.82, 2.24) is 15.0 Å². The Labute approximate surface area is 180 Å². The maximum atomic E-state index is 6.33. The highest BCUT2D eigenvalue weighted by atomic mass is 16.5. The van der Waals surface area contributed by atoms with Gasteiger partial charge in [-0.2, -0.15) is 0 Å². The first-order chi connectivity index (χ1) is 15.2. The average Bonchev–Trinajstić information content (AvgIpc) is 2.81. The van der Waals surface area contributed by atoms with Gasteiger partial charge in [0, 0.05) is 18.1 Å². The Morgan fingerprint density at radius 2 is 1.71 bits per heavy atom. The molecule has 0 atom stereocenters. The van der Waals surface area contributed by atoms with Crippen LogP contribution in [0.15, 0.2) is 61.1 Å². The van der Waals surface area contributed by atoms with Gasteiger partial charge >= 0.3 is 0 Å². The van der Waals surface area contributed by atoms with Crippen LogP contribution in [-0.2, 0) is 6.42 Å². The molecule has 2 heterocycles. The van der Waals surface area contributed by atoms with Gasteiger partial charge in [0.1, 0.15) is 12.0 Å². The van der Waals surface area contributed by atoms with Gasteiger partial charge in [-0.1, -0.05) is 24.3 Å². The van der Waals surface area contributed by atoms with E-state index in [1.54, 1.807) is 20.4 Å². The summed E-state index contributed by atoms with van der Waals surface area (Å²) in [6.45, 7) is 0.645. The number of methoxy groups -OCH3 is 2. The van der Waals surface area contributed by atoms with Crippen LogP contribution in [0.1, 0.15) is 5.56 Å². The number of rotatable bonds is 8. The maximum Gasteiger partial charge on any atom is 0.160 e. The molecule has 4 rings (SSSR count). The van der Waals surface area contributed by atoms with E-state index in [1.807, 2.05) is 48.5 Å². The number of nitrogens with zero attached hydrogens (tertiary/aromatic N) is 3. The summed E-state index contributed by atoms with van der Waals surface area (Å²) in [5.74, 6) is 2.52. The minimum absolute atomic E-state index is 0.447. The second kappa shape index (κ2) is 9.17. The van der Waals surface area contributed by atoms with E-state index in [-0.39, 0.29) is 0 Å². The molecule has 0 radical (unpaired) electrons. The summed E-state index contributed by atoms with van der Waals surface area (Å²) in [5.41, 5.74) is 9.57. The molecule has 4 N–H and O–H groups in total. The normalized spacial score (nSPS) is 10.6. The molecule has 0 aliphatic carbocycles. The smallest absolute Gasteiger partial charge is 0.160 e.